The molecule has 20 heavy (non-hydrogen) atoms. The van der Waals surface area contributed by atoms with Crippen molar-refractivity contribution < 1.29 is 0 Å². The van der Waals surface area contributed by atoms with E-state index in [9.17, 15) is 0 Å². The van der Waals surface area contributed by atoms with Gasteiger partial charge in [0.15, 0.2) is 0 Å². The average molecular weight is 317 g/mol. The van der Waals surface area contributed by atoms with Crippen LogP contribution in [-0.4, -0.2) is 21.2 Å². The van der Waals surface area contributed by atoms with Crippen LogP contribution in [0, 0.1) is 0 Å². The molecule has 0 aromatic carbocycles. The van der Waals surface area contributed by atoms with Crippen LogP contribution in [0.4, 0.5) is 0 Å². The number of rotatable bonds is 16. The summed E-state index contributed by atoms with van der Waals surface area (Å²) in [6.45, 7) is 2.30. The Bertz CT molecular complexity index is 132. The SMILES string of the molecule is CCCCCCCCCCCCCCCCCC[SiH3].[SiH4]. The van der Waals surface area contributed by atoms with E-state index in [4.69, 9.17) is 0 Å². The Balaban J connectivity index is 0. The van der Waals surface area contributed by atoms with E-state index in [0.717, 1.165) is 0 Å². The maximum Gasteiger partial charge on any atom is 0.00279 e. The quantitative estimate of drug-likeness (QED) is 0.289. The van der Waals surface area contributed by atoms with E-state index in [1.807, 2.05) is 0 Å². The second kappa shape index (κ2) is 21.7. The van der Waals surface area contributed by atoms with Crippen LogP contribution < -0.4 is 0 Å². The predicted octanol–water partition coefficient (Wildman–Crippen LogP) is 4.58. The van der Waals surface area contributed by atoms with Crippen LogP contribution in [0.25, 0.3) is 0 Å². The molecule has 0 saturated carbocycles. The fourth-order valence-corrected chi connectivity index (χ4v) is 3.30. The summed E-state index contributed by atoms with van der Waals surface area (Å²) >= 11 is 0. The molecule has 0 fully saturated rings. The minimum atomic E-state index is 0. The van der Waals surface area contributed by atoms with Crippen molar-refractivity contribution in [1.29, 1.82) is 0 Å². The lowest BCUT2D eigenvalue weighted by Crippen LogP contribution is -1.83. The van der Waals surface area contributed by atoms with Gasteiger partial charge in [-0.1, -0.05) is 116 Å². The molecule has 124 valence electrons. The minimum Gasteiger partial charge on any atom is -0.0658 e. The standard InChI is InChI=1S/C18H40Si.H4Si/c1-2-3-4-5-6-7-8-9-10-11-12-13-14-15-16-17-18-19;/h2-18H2,1,19H3;1H4. The molecular weight excluding hydrogens is 272 g/mol. The predicted molar refractivity (Wildman–Crippen MR) is 106 cm³/mol. The van der Waals surface area contributed by atoms with Crippen molar-refractivity contribution in [2.24, 2.45) is 0 Å². The fourth-order valence-electron chi connectivity index (χ4n) is 2.80. The van der Waals surface area contributed by atoms with Crippen molar-refractivity contribution in [3.05, 3.63) is 0 Å². The van der Waals surface area contributed by atoms with Crippen LogP contribution in [0.15, 0.2) is 0 Å². The van der Waals surface area contributed by atoms with Crippen LogP contribution in [0.2, 0.25) is 6.04 Å². The minimum absolute atomic E-state index is 0. The van der Waals surface area contributed by atoms with E-state index in [1.54, 1.807) is 0 Å². The zero-order valence-corrected chi connectivity index (χ0v) is 16.0. The van der Waals surface area contributed by atoms with Gasteiger partial charge in [0.25, 0.3) is 0 Å². The Morgan fingerprint density at radius 1 is 0.450 bits per heavy atom. The molecule has 0 atom stereocenters. The van der Waals surface area contributed by atoms with Gasteiger partial charge in [0.05, 0.1) is 0 Å². The Labute approximate surface area is 137 Å². The third-order valence-corrected chi connectivity index (χ3v) is 4.91. The van der Waals surface area contributed by atoms with Crippen molar-refractivity contribution in [3.63, 3.8) is 0 Å². The first-order valence-electron chi connectivity index (χ1n) is 9.41. The summed E-state index contributed by atoms with van der Waals surface area (Å²) in [7, 11) is 1.41. The van der Waals surface area contributed by atoms with Gasteiger partial charge in [-0.2, -0.15) is 0 Å². The van der Waals surface area contributed by atoms with Crippen LogP contribution in [0.1, 0.15) is 110 Å². The Kier molecular flexibility index (Phi) is 24.7. The van der Waals surface area contributed by atoms with Crippen molar-refractivity contribution in [2.75, 3.05) is 0 Å². The summed E-state index contributed by atoms with van der Waals surface area (Å²) in [5, 5.41) is 0. The van der Waals surface area contributed by atoms with E-state index in [-0.39, 0.29) is 11.0 Å². The van der Waals surface area contributed by atoms with Gasteiger partial charge in [0, 0.05) is 10.2 Å². The molecule has 0 spiro atoms. The smallest absolute Gasteiger partial charge is 0.00279 e. The van der Waals surface area contributed by atoms with Crippen molar-refractivity contribution in [3.8, 4) is 0 Å². The van der Waals surface area contributed by atoms with Gasteiger partial charge in [-0.15, -0.1) is 0 Å². The lowest BCUT2D eigenvalue weighted by molar-refractivity contribution is 0.531. The molecule has 0 amide bonds. The second-order valence-corrected chi connectivity index (χ2v) is 7.30. The third-order valence-electron chi connectivity index (χ3n) is 4.21. The molecule has 0 aromatic rings. The topological polar surface area (TPSA) is 0 Å². The molecule has 0 aromatic heterocycles. The first-order chi connectivity index (χ1) is 9.41. The first kappa shape index (κ1) is 22.7. The molecule has 0 nitrogen and oxygen atoms in total. The Morgan fingerprint density at radius 3 is 0.950 bits per heavy atom. The molecule has 0 saturated heterocycles. The van der Waals surface area contributed by atoms with Gasteiger partial charge in [-0.05, 0) is 11.0 Å². The van der Waals surface area contributed by atoms with E-state index >= 15 is 0 Å². The summed E-state index contributed by atoms with van der Waals surface area (Å²) in [5.41, 5.74) is 0. The molecule has 0 rings (SSSR count). The highest BCUT2D eigenvalue weighted by molar-refractivity contribution is 6.08. The van der Waals surface area contributed by atoms with E-state index < -0.39 is 0 Å². The average Bonchev–Trinajstić information content (AvgIpc) is 2.43. The molecule has 0 heterocycles. The summed E-state index contributed by atoms with van der Waals surface area (Å²) in [4.78, 5) is 0. The molecule has 0 aliphatic carbocycles. The monoisotopic (exact) mass is 316 g/mol. The van der Waals surface area contributed by atoms with Crippen molar-refractivity contribution in [2.45, 2.75) is 116 Å². The van der Waals surface area contributed by atoms with Gasteiger partial charge in [-0.25, -0.2) is 0 Å². The number of unbranched alkanes of at least 4 members (excludes halogenated alkanes) is 15. The highest BCUT2D eigenvalue weighted by Gasteiger charge is 1.94. The van der Waals surface area contributed by atoms with E-state index in [1.165, 1.54) is 119 Å². The maximum absolute atomic E-state index is 2.30. The highest BCUT2D eigenvalue weighted by Crippen LogP contribution is 2.13. The second-order valence-electron chi connectivity index (χ2n) is 6.30. The third kappa shape index (κ3) is 20.7. The van der Waals surface area contributed by atoms with Crippen LogP contribution in [0.3, 0.4) is 0 Å². The van der Waals surface area contributed by atoms with Gasteiger partial charge >= 0.3 is 0 Å². The van der Waals surface area contributed by atoms with Gasteiger partial charge < -0.3 is 0 Å². The fraction of sp³-hybridized carbons (Fsp3) is 1.00. The molecule has 0 unspecified atom stereocenters. The lowest BCUT2D eigenvalue weighted by Gasteiger charge is -2.03. The Hall–Kier alpha value is 0.434. The summed E-state index contributed by atoms with van der Waals surface area (Å²) < 4.78 is 0. The van der Waals surface area contributed by atoms with Crippen molar-refractivity contribution >= 4 is 21.2 Å². The van der Waals surface area contributed by atoms with E-state index in [0.29, 0.717) is 0 Å². The summed E-state index contributed by atoms with van der Waals surface area (Å²) in [6.07, 6.45) is 23.7. The lowest BCUT2D eigenvalue weighted by atomic mass is 10.0. The Morgan fingerprint density at radius 2 is 0.700 bits per heavy atom. The van der Waals surface area contributed by atoms with E-state index in [2.05, 4.69) is 6.92 Å². The molecule has 0 bridgehead atoms. The molecule has 0 radical (unpaired) electrons. The first-order valence-corrected chi connectivity index (χ1v) is 10.8. The molecule has 2 heteroatoms. The zero-order valence-electron chi connectivity index (χ0n) is 14.0. The number of hydrogen-bond donors (Lipinski definition) is 0. The summed E-state index contributed by atoms with van der Waals surface area (Å²) in [5.74, 6) is 0. The van der Waals surface area contributed by atoms with Gasteiger partial charge in [0.1, 0.15) is 0 Å². The van der Waals surface area contributed by atoms with Crippen LogP contribution in [-0.2, 0) is 0 Å². The van der Waals surface area contributed by atoms with Crippen molar-refractivity contribution in [1.82, 2.24) is 0 Å². The van der Waals surface area contributed by atoms with Gasteiger partial charge in [-0.3, -0.25) is 0 Å². The van der Waals surface area contributed by atoms with Gasteiger partial charge in [0.2, 0.25) is 0 Å². The van der Waals surface area contributed by atoms with Crippen LogP contribution >= 0.6 is 0 Å². The molecule has 0 aliphatic rings. The largest absolute Gasteiger partial charge is 0.0658 e. The maximum atomic E-state index is 2.30. The highest BCUT2D eigenvalue weighted by atomic mass is 28.1. The number of hydrogen-bond acceptors (Lipinski definition) is 0. The normalized spacial score (nSPS) is 10.7. The molecule has 0 aliphatic heterocycles. The molecular formula is C18H44Si2. The molecule has 0 N–H and O–H groups in total. The van der Waals surface area contributed by atoms with Crippen LogP contribution in [0.5, 0.6) is 0 Å². The summed E-state index contributed by atoms with van der Waals surface area (Å²) in [6, 6.07) is 1.51. The zero-order chi connectivity index (χ0) is 14.0.